The number of hydrogen-bond acceptors (Lipinski definition) is 5. The maximum atomic E-state index is 5.42. The molecule has 5 heteroatoms. The zero-order valence-electron chi connectivity index (χ0n) is 10.6. The van der Waals surface area contributed by atoms with E-state index in [-0.39, 0.29) is 6.29 Å². The van der Waals surface area contributed by atoms with Crippen molar-refractivity contribution < 1.29 is 14.2 Å². The third-order valence-corrected chi connectivity index (χ3v) is 2.92. The van der Waals surface area contributed by atoms with E-state index in [1.165, 1.54) is 0 Å². The van der Waals surface area contributed by atoms with Gasteiger partial charge in [0.1, 0.15) is 0 Å². The molecule has 1 aliphatic heterocycles. The van der Waals surface area contributed by atoms with E-state index in [0.717, 1.165) is 16.8 Å². The quantitative estimate of drug-likeness (QED) is 0.844. The van der Waals surface area contributed by atoms with Crippen LogP contribution in [0.25, 0.3) is 11.3 Å². The number of pyridine rings is 2. The Balaban J connectivity index is 1.80. The second kappa shape index (κ2) is 5.34. The molecule has 0 aliphatic carbocycles. The van der Waals surface area contributed by atoms with Gasteiger partial charge in [0.25, 0.3) is 0 Å². The maximum absolute atomic E-state index is 5.42. The summed E-state index contributed by atoms with van der Waals surface area (Å²) in [5.74, 6) is 0.591. The van der Waals surface area contributed by atoms with Crippen molar-refractivity contribution in [2.45, 2.75) is 6.29 Å². The Hall–Kier alpha value is -1.98. The van der Waals surface area contributed by atoms with Gasteiger partial charge >= 0.3 is 0 Å². The molecule has 2 aromatic rings. The molecule has 0 aromatic carbocycles. The molecule has 0 spiro atoms. The van der Waals surface area contributed by atoms with E-state index < -0.39 is 0 Å². The lowest BCUT2D eigenvalue weighted by Gasteiger charge is -2.09. The SMILES string of the molecule is COc1ccc(-c2ccc(C3OCCO3)cn2)cn1. The first kappa shape index (κ1) is 12.1. The lowest BCUT2D eigenvalue weighted by molar-refractivity contribution is -0.0443. The fourth-order valence-electron chi connectivity index (χ4n) is 1.92. The van der Waals surface area contributed by atoms with Gasteiger partial charge < -0.3 is 14.2 Å². The molecule has 0 N–H and O–H groups in total. The third-order valence-electron chi connectivity index (χ3n) is 2.92. The third kappa shape index (κ3) is 2.57. The van der Waals surface area contributed by atoms with Crippen LogP contribution in [-0.4, -0.2) is 30.3 Å². The number of hydrogen-bond donors (Lipinski definition) is 0. The summed E-state index contributed by atoms with van der Waals surface area (Å²) < 4.78 is 15.9. The van der Waals surface area contributed by atoms with E-state index in [4.69, 9.17) is 14.2 Å². The molecule has 1 aliphatic rings. The minimum Gasteiger partial charge on any atom is -0.481 e. The molecule has 19 heavy (non-hydrogen) atoms. The first-order chi connectivity index (χ1) is 9.36. The first-order valence-electron chi connectivity index (χ1n) is 6.06. The van der Waals surface area contributed by atoms with Crippen molar-refractivity contribution in [1.82, 2.24) is 9.97 Å². The van der Waals surface area contributed by atoms with E-state index in [9.17, 15) is 0 Å². The van der Waals surface area contributed by atoms with Crippen LogP contribution in [0.4, 0.5) is 0 Å². The predicted molar refractivity (Wildman–Crippen MR) is 68.7 cm³/mol. The van der Waals surface area contributed by atoms with Crippen LogP contribution in [0.2, 0.25) is 0 Å². The number of ether oxygens (including phenoxy) is 3. The molecule has 0 atom stereocenters. The minimum atomic E-state index is -0.282. The number of nitrogens with zero attached hydrogens (tertiary/aromatic N) is 2. The Bertz CT molecular complexity index is 534. The highest BCUT2D eigenvalue weighted by molar-refractivity contribution is 5.58. The summed E-state index contributed by atoms with van der Waals surface area (Å²) in [6.45, 7) is 1.27. The van der Waals surface area contributed by atoms with Gasteiger partial charge in [-0.2, -0.15) is 0 Å². The molecule has 1 fully saturated rings. The second-order valence-corrected chi connectivity index (χ2v) is 4.14. The van der Waals surface area contributed by atoms with Gasteiger partial charge in [0.2, 0.25) is 5.88 Å². The zero-order chi connectivity index (χ0) is 13.1. The largest absolute Gasteiger partial charge is 0.481 e. The summed E-state index contributed by atoms with van der Waals surface area (Å²) in [4.78, 5) is 8.57. The monoisotopic (exact) mass is 258 g/mol. The van der Waals surface area contributed by atoms with E-state index in [2.05, 4.69) is 9.97 Å². The molecule has 0 amide bonds. The van der Waals surface area contributed by atoms with E-state index in [1.54, 1.807) is 19.5 Å². The molecule has 5 nitrogen and oxygen atoms in total. The fourth-order valence-corrected chi connectivity index (χ4v) is 1.92. The summed E-state index contributed by atoms with van der Waals surface area (Å²) in [5.41, 5.74) is 2.74. The minimum absolute atomic E-state index is 0.282. The number of rotatable bonds is 3. The highest BCUT2D eigenvalue weighted by atomic mass is 16.7. The van der Waals surface area contributed by atoms with Crippen LogP contribution >= 0.6 is 0 Å². The summed E-state index contributed by atoms with van der Waals surface area (Å²) >= 11 is 0. The lowest BCUT2D eigenvalue weighted by atomic mass is 10.1. The summed E-state index contributed by atoms with van der Waals surface area (Å²) in [7, 11) is 1.59. The van der Waals surface area contributed by atoms with Crippen LogP contribution in [-0.2, 0) is 9.47 Å². The zero-order valence-corrected chi connectivity index (χ0v) is 10.6. The predicted octanol–water partition coefficient (Wildman–Crippen LogP) is 2.20. The van der Waals surface area contributed by atoms with Crippen LogP contribution < -0.4 is 4.74 Å². The molecule has 0 saturated carbocycles. The summed E-state index contributed by atoms with van der Waals surface area (Å²) in [5, 5.41) is 0. The highest BCUT2D eigenvalue weighted by Gasteiger charge is 2.18. The summed E-state index contributed by atoms with van der Waals surface area (Å²) in [6, 6.07) is 7.64. The topological polar surface area (TPSA) is 53.5 Å². The molecule has 1 saturated heterocycles. The van der Waals surface area contributed by atoms with Gasteiger partial charge in [-0.3, -0.25) is 4.98 Å². The van der Waals surface area contributed by atoms with Crippen molar-refractivity contribution >= 4 is 0 Å². The van der Waals surface area contributed by atoms with Crippen LogP contribution in [0.1, 0.15) is 11.9 Å². The molecule has 2 aromatic heterocycles. The van der Waals surface area contributed by atoms with Gasteiger partial charge in [-0.05, 0) is 12.1 Å². The fraction of sp³-hybridized carbons (Fsp3) is 0.286. The average Bonchev–Trinajstić information content (AvgIpc) is 3.02. The molecular weight excluding hydrogens is 244 g/mol. The van der Waals surface area contributed by atoms with Crippen molar-refractivity contribution in [3.8, 4) is 17.1 Å². The van der Waals surface area contributed by atoms with Gasteiger partial charge in [-0.25, -0.2) is 4.98 Å². The summed E-state index contributed by atoms with van der Waals surface area (Å²) in [6.07, 6.45) is 3.23. The van der Waals surface area contributed by atoms with Crippen LogP contribution in [0, 0.1) is 0 Å². The Morgan fingerprint density at radius 2 is 1.89 bits per heavy atom. The van der Waals surface area contributed by atoms with Crippen molar-refractivity contribution in [1.29, 1.82) is 0 Å². The van der Waals surface area contributed by atoms with Crippen LogP contribution in [0.3, 0.4) is 0 Å². The van der Waals surface area contributed by atoms with Crippen molar-refractivity contribution in [2.75, 3.05) is 20.3 Å². The maximum Gasteiger partial charge on any atom is 0.212 e. The van der Waals surface area contributed by atoms with Crippen molar-refractivity contribution in [3.63, 3.8) is 0 Å². The van der Waals surface area contributed by atoms with Crippen molar-refractivity contribution in [2.24, 2.45) is 0 Å². The molecule has 3 rings (SSSR count). The molecule has 0 unspecified atom stereocenters. The second-order valence-electron chi connectivity index (χ2n) is 4.14. The molecule has 0 radical (unpaired) electrons. The average molecular weight is 258 g/mol. The van der Waals surface area contributed by atoms with E-state index in [1.807, 2.05) is 24.3 Å². The molecule has 0 bridgehead atoms. The van der Waals surface area contributed by atoms with E-state index in [0.29, 0.717) is 19.1 Å². The standard InChI is InChI=1S/C14H14N2O3/c1-17-13-5-3-10(8-16-13)12-4-2-11(9-15-12)14-18-6-7-19-14/h2-5,8-9,14H,6-7H2,1H3. The highest BCUT2D eigenvalue weighted by Crippen LogP contribution is 2.24. The lowest BCUT2D eigenvalue weighted by Crippen LogP contribution is -1.99. The van der Waals surface area contributed by atoms with Gasteiger partial charge in [-0.15, -0.1) is 0 Å². The Morgan fingerprint density at radius 1 is 1.05 bits per heavy atom. The Kier molecular flexibility index (Phi) is 3.39. The van der Waals surface area contributed by atoms with Gasteiger partial charge in [0.05, 0.1) is 26.0 Å². The van der Waals surface area contributed by atoms with Gasteiger partial charge in [-0.1, -0.05) is 6.07 Å². The van der Waals surface area contributed by atoms with Crippen molar-refractivity contribution in [3.05, 3.63) is 42.2 Å². The van der Waals surface area contributed by atoms with Crippen LogP contribution in [0.5, 0.6) is 5.88 Å². The van der Waals surface area contributed by atoms with Gasteiger partial charge in [0, 0.05) is 29.6 Å². The number of methoxy groups -OCH3 is 1. The normalized spacial score (nSPS) is 15.6. The van der Waals surface area contributed by atoms with E-state index >= 15 is 0 Å². The first-order valence-corrected chi connectivity index (χ1v) is 6.06. The Labute approximate surface area is 111 Å². The van der Waals surface area contributed by atoms with Crippen LogP contribution in [0.15, 0.2) is 36.7 Å². The molecule has 98 valence electrons. The number of aromatic nitrogens is 2. The molecule has 3 heterocycles. The van der Waals surface area contributed by atoms with Gasteiger partial charge in [0.15, 0.2) is 6.29 Å². The smallest absolute Gasteiger partial charge is 0.212 e. The molecular formula is C14H14N2O3. The Morgan fingerprint density at radius 3 is 2.47 bits per heavy atom.